The molecule has 2 heterocycles. The van der Waals surface area contributed by atoms with Gasteiger partial charge in [0.05, 0.1) is 18.1 Å². The number of H-pyrrole nitrogens is 1. The van der Waals surface area contributed by atoms with E-state index in [4.69, 9.17) is 0 Å². The Bertz CT molecular complexity index is 585. The Hall–Kier alpha value is -1.83. The van der Waals surface area contributed by atoms with Crippen LogP contribution < -0.4 is 4.72 Å². The lowest BCUT2D eigenvalue weighted by atomic mass is 10.4. The number of sulfonamides is 1. The van der Waals surface area contributed by atoms with Gasteiger partial charge in [0, 0.05) is 18.4 Å². The van der Waals surface area contributed by atoms with Crippen LogP contribution in [0.1, 0.15) is 19.9 Å². The number of hydrogen-bond acceptors (Lipinski definition) is 4. The lowest BCUT2D eigenvalue weighted by Crippen LogP contribution is -2.11. The topological polar surface area (TPSA) is 92.7 Å². The summed E-state index contributed by atoms with van der Waals surface area (Å²) in [5, 5.41) is 10.1. The Morgan fingerprint density at radius 2 is 2.18 bits per heavy atom. The van der Waals surface area contributed by atoms with Gasteiger partial charge in [-0.3, -0.25) is 14.5 Å². The second kappa shape index (κ2) is 4.21. The standard InChI is InChI=1S/C9H13N5O2S/c1-7(2)14-6-8(3-12-14)13-17(15,16)9-4-10-11-5-9/h3-7,13H,1-2H3,(H,10,11). The molecule has 0 aliphatic rings. The maximum Gasteiger partial charge on any atom is 0.265 e. The summed E-state index contributed by atoms with van der Waals surface area (Å²) in [6.45, 7) is 3.92. The SMILES string of the molecule is CC(C)n1cc(NS(=O)(=O)c2cn[nH]c2)cn1. The quantitative estimate of drug-likeness (QED) is 0.852. The largest absolute Gasteiger partial charge is 0.284 e. The van der Waals surface area contributed by atoms with Crippen molar-refractivity contribution in [3.05, 3.63) is 24.8 Å². The third kappa shape index (κ3) is 2.47. The maximum atomic E-state index is 11.8. The summed E-state index contributed by atoms with van der Waals surface area (Å²) >= 11 is 0. The van der Waals surface area contributed by atoms with Gasteiger partial charge in [-0.15, -0.1) is 0 Å². The highest BCUT2D eigenvalue weighted by atomic mass is 32.2. The molecule has 0 atom stereocenters. The predicted molar refractivity (Wildman–Crippen MR) is 62.0 cm³/mol. The van der Waals surface area contributed by atoms with Gasteiger partial charge in [-0.05, 0) is 13.8 Å². The van der Waals surface area contributed by atoms with E-state index in [-0.39, 0.29) is 10.9 Å². The van der Waals surface area contributed by atoms with Gasteiger partial charge in [0.2, 0.25) is 0 Å². The van der Waals surface area contributed by atoms with Gasteiger partial charge in [0.25, 0.3) is 10.0 Å². The van der Waals surface area contributed by atoms with Crippen LogP contribution in [0.4, 0.5) is 5.69 Å². The van der Waals surface area contributed by atoms with Crippen LogP contribution in [0.15, 0.2) is 29.7 Å². The third-order valence-electron chi connectivity index (χ3n) is 2.17. The average molecular weight is 255 g/mol. The Labute approximate surface area is 98.9 Å². The molecule has 92 valence electrons. The highest BCUT2D eigenvalue weighted by molar-refractivity contribution is 7.92. The minimum absolute atomic E-state index is 0.0924. The Morgan fingerprint density at radius 1 is 1.41 bits per heavy atom. The molecule has 0 spiro atoms. The van der Waals surface area contributed by atoms with Crippen LogP contribution in [0.2, 0.25) is 0 Å². The lowest BCUT2D eigenvalue weighted by Gasteiger charge is -2.04. The molecule has 0 bridgehead atoms. The minimum atomic E-state index is -3.58. The van der Waals surface area contributed by atoms with Crippen LogP contribution in [0.25, 0.3) is 0 Å². The molecule has 7 nitrogen and oxygen atoms in total. The molecule has 0 aliphatic carbocycles. The van der Waals surface area contributed by atoms with E-state index in [1.165, 1.54) is 18.6 Å². The van der Waals surface area contributed by atoms with E-state index < -0.39 is 10.0 Å². The summed E-state index contributed by atoms with van der Waals surface area (Å²) in [5.41, 5.74) is 0.430. The fourth-order valence-electron chi connectivity index (χ4n) is 1.27. The first-order valence-electron chi connectivity index (χ1n) is 5.05. The summed E-state index contributed by atoms with van der Waals surface area (Å²) in [7, 11) is -3.58. The third-order valence-corrected chi connectivity index (χ3v) is 3.51. The maximum absolute atomic E-state index is 11.8. The first-order valence-corrected chi connectivity index (χ1v) is 6.53. The van der Waals surface area contributed by atoms with Gasteiger partial charge < -0.3 is 0 Å². The monoisotopic (exact) mass is 255 g/mol. The number of aromatic amines is 1. The molecule has 0 saturated carbocycles. The number of nitrogens with zero attached hydrogens (tertiary/aromatic N) is 3. The van der Waals surface area contributed by atoms with E-state index in [0.29, 0.717) is 5.69 Å². The van der Waals surface area contributed by atoms with Gasteiger partial charge in [-0.2, -0.15) is 10.2 Å². The summed E-state index contributed by atoms with van der Waals surface area (Å²) in [4.78, 5) is 0.0924. The molecule has 0 radical (unpaired) electrons. The highest BCUT2D eigenvalue weighted by Gasteiger charge is 2.16. The zero-order valence-corrected chi connectivity index (χ0v) is 10.3. The molecule has 2 rings (SSSR count). The van der Waals surface area contributed by atoms with Crippen molar-refractivity contribution >= 4 is 15.7 Å². The lowest BCUT2D eigenvalue weighted by molar-refractivity contribution is 0.532. The highest BCUT2D eigenvalue weighted by Crippen LogP contribution is 2.15. The smallest absolute Gasteiger partial charge is 0.265 e. The van der Waals surface area contributed by atoms with Crippen LogP contribution in [0.3, 0.4) is 0 Å². The molecule has 2 aromatic rings. The zero-order valence-electron chi connectivity index (χ0n) is 9.45. The van der Waals surface area contributed by atoms with Crippen molar-refractivity contribution in [2.45, 2.75) is 24.8 Å². The molecular weight excluding hydrogens is 242 g/mol. The van der Waals surface area contributed by atoms with Crippen molar-refractivity contribution in [1.29, 1.82) is 0 Å². The summed E-state index contributed by atoms with van der Waals surface area (Å²) in [5.74, 6) is 0. The summed E-state index contributed by atoms with van der Waals surface area (Å²) in [6.07, 6.45) is 5.67. The molecule has 8 heteroatoms. The average Bonchev–Trinajstić information content (AvgIpc) is 2.85. The number of aromatic nitrogens is 4. The van der Waals surface area contributed by atoms with Crippen LogP contribution >= 0.6 is 0 Å². The molecular formula is C9H13N5O2S. The second-order valence-corrected chi connectivity index (χ2v) is 5.52. The van der Waals surface area contributed by atoms with E-state index in [9.17, 15) is 8.42 Å². The first kappa shape index (κ1) is 11.6. The molecule has 0 amide bonds. The van der Waals surface area contributed by atoms with E-state index >= 15 is 0 Å². The molecule has 0 saturated heterocycles. The minimum Gasteiger partial charge on any atom is -0.284 e. The summed E-state index contributed by atoms with van der Waals surface area (Å²) in [6, 6.07) is 0.183. The van der Waals surface area contributed by atoms with Crippen molar-refractivity contribution in [2.24, 2.45) is 0 Å². The Balaban J connectivity index is 2.21. The van der Waals surface area contributed by atoms with Crippen molar-refractivity contribution in [1.82, 2.24) is 20.0 Å². The summed E-state index contributed by atoms with van der Waals surface area (Å²) < 4.78 is 27.8. The number of nitrogens with one attached hydrogen (secondary N) is 2. The molecule has 0 fully saturated rings. The van der Waals surface area contributed by atoms with E-state index in [1.54, 1.807) is 10.9 Å². The van der Waals surface area contributed by atoms with Gasteiger partial charge in [0.1, 0.15) is 4.90 Å². The van der Waals surface area contributed by atoms with Crippen LogP contribution in [-0.2, 0) is 10.0 Å². The fourth-order valence-corrected chi connectivity index (χ4v) is 2.21. The molecule has 0 unspecified atom stereocenters. The van der Waals surface area contributed by atoms with Gasteiger partial charge >= 0.3 is 0 Å². The number of hydrogen-bond donors (Lipinski definition) is 2. The first-order chi connectivity index (χ1) is 7.99. The van der Waals surface area contributed by atoms with Crippen LogP contribution in [0.5, 0.6) is 0 Å². The van der Waals surface area contributed by atoms with Gasteiger partial charge in [-0.1, -0.05) is 0 Å². The number of anilines is 1. The predicted octanol–water partition coefficient (Wildman–Crippen LogP) is 0.988. The van der Waals surface area contributed by atoms with Crippen molar-refractivity contribution < 1.29 is 8.42 Å². The van der Waals surface area contributed by atoms with Crippen molar-refractivity contribution in [2.75, 3.05) is 4.72 Å². The van der Waals surface area contributed by atoms with Crippen LogP contribution in [0, 0.1) is 0 Å². The van der Waals surface area contributed by atoms with Gasteiger partial charge in [0.15, 0.2) is 0 Å². The zero-order chi connectivity index (χ0) is 12.5. The van der Waals surface area contributed by atoms with E-state index in [0.717, 1.165) is 0 Å². The van der Waals surface area contributed by atoms with Crippen molar-refractivity contribution in [3.63, 3.8) is 0 Å². The molecule has 0 aliphatic heterocycles. The number of rotatable bonds is 4. The van der Waals surface area contributed by atoms with Gasteiger partial charge in [-0.25, -0.2) is 8.42 Å². The normalized spacial score (nSPS) is 11.9. The second-order valence-electron chi connectivity index (χ2n) is 3.84. The van der Waals surface area contributed by atoms with E-state index in [1.807, 2.05) is 13.8 Å². The van der Waals surface area contributed by atoms with E-state index in [2.05, 4.69) is 20.0 Å². The molecule has 0 aromatic carbocycles. The molecule has 2 aromatic heterocycles. The Morgan fingerprint density at radius 3 is 2.71 bits per heavy atom. The molecule has 17 heavy (non-hydrogen) atoms. The Kier molecular flexibility index (Phi) is 2.88. The fraction of sp³-hybridized carbons (Fsp3) is 0.333. The van der Waals surface area contributed by atoms with Crippen molar-refractivity contribution in [3.8, 4) is 0 Å². The van der Waals surface area contributed by atoms with Crippen LogP contribution in [-0.4, -0.2) is 28.4 Å². The molecule has 2 N–H and O–H groups in total.